The van der Waals surface area contributed by atoms with Crippen LogP contribution in [0.5, 0.6) is 5.75 Å². The molecular formula is C26H25N5O2S. The van der Waals surface area contributed by atoms with Gasteiger partial charge in [0.1, 0.15) is 5.75 Å². The Morgan fingerprint density at radius 1 is 1.18 bits per heavy atom. The summed E-state index contributed by atoms with van der Waals surface area (Å²) in [4.78, 5) is 19.7. The third-order valence-corrected chi connectivity index (χ3v) is 6.91. The van der Waals surface area contributed by atoms with E-state index in [4.69, 9.17) is 4.74 Å². The molecule has 2 N–H and O–H groups in total. The Balaban J connectivity index is 1.47. The fourth-order valence-corrected chi connectivity index (χ4v) is 5.13. The first-order valence-electron chi connectivity index (χ1n) is 11.1. The number of nitrogens with zero attached hydrogens (tertiary/aromatic N) is 3. The Kier molecular flexibility index (Phi) is 5.98. The number of H-pyrrole nitrogens is 2. The molecule has 2 aromatic carbocycles. The quantitative estimate of drug-likeness (QED) is 0.165. The number of ketones is 1. The lowest BCUT2D eigenvalue weighted by atomic mass is 10.1. The van der Waals surface area contributed by atoms with Crippen LogP contribution in [0.4, 0.5) is 0 Å². The van der Waals surface area contributed by atoms with Gasteiger partial charge in [-0.15, -0.1) is 16.8 Å². The van der Waals surface area contributed by atoms with E-state index in [1.54, 1.807) is 13.3 Å². The third kappa shape index (κ3) is 3.80. The van der Waals surface area contributed by atoms with Crippen molar-refractivity contribution in [3.8, 4) is 17.3 Å². The summed E-state index contributed by atoms with van der Waals surface area (Å²) in [5.41, 5.74) is 4.74. The van der Waals surface area contributed by atoms with Crippen molar-refractivity contribution in [2.24, 2.45) is 0 Å². The number of carbonyl (C=O) groups excluding carboxylic acids is 1. The summed E-state index contributed by atoms with van der Waals surface area (Å²) in [5.74, 6) is 1.85. The number of allylic oxidation sites excluding steroid dienone is 1. The minimum absolute atomic E-state index is 0.0455. The lowest BCUT2D eigenvalue weighted by molar-refractivity contribution is 0.102. The molecule has 5 aromatic rings. The van der Waals surface area contributed by atoms with Gasteiger partial charge in [-0.25, -0.2) is 0 Å². The van der Waals surface area contributed by atoms with Crippen LogP contribution in [0.15, 0.2) is 66.5 Å². The topological polar surface area (TPSA) is 88.6 Å². The maximum Gasteiger partial charge on any atom is 0.192 e. The second-order valence-corrected chi connectivity index (χ2v) is 8.85. The fraction of sp³-hybridized carbons (Fsp3) is 0.192. The number of Topliss-reactive ketones (excluding diaryl/α,β-unsaturated/α-hetero) is 1. The average molecular weight is 472 g/mol. The van der Waals surface area contributed by atoms with Crippen molar-refractivity contribution in [3.05, 3.63) is 72.4 Å². The third-order valence-electron chi connectivity index (χ3n) is 5.94. The van der Waals surface area contributed by atoms with Crippen LogP contribution >= 0.6 is 11.8 Å². The monoisotopic (exact) mass is 471 g/mol. The van der Waals surface area contributed by atoms with E-state index in [1.807, 2.05) is 53.1 Å². The number of methoxy groups -OCH3 is 1. The van der Waals surface area contributed by atoms with Crippen molar-refractivity contribution in [3.63, 3.8) is 0 Å². The highest BCUT2D eigenvalue weighted by molar-refractivity contribution is 7.99. The average Bonchev–Trinajstić information content (AvgIpc) is 3.57. The molecular weight excluding hydrogens is 446 g/mol. The number of nitrogens with one attached hydrogen (secondary N) is 2. The Morgan fingerprint density at radius 2 is 2.03 bits per heavy atom. The standard InChI is InChI=1S/C26H25N5O2S/c1-4-12-31-25(24-17(5-2)19-13-16(33-3)10-11-22(19)28-24)29-30-26(31)34-15-23(32)20-14-27-21-9-7-6-8-18(20)21/h4,6-11,13-14,27-28H,1,5,12,15H2,2-3H3. The van der Waals surface area contributed by atoms with Gasteiger partial charge in [-0.1, -0.05) is 43.0 Å². The SMILES string of the molecule is C=CCn1c(SCC(=O)c2c[nH]c3ccccc23)nnc1-c1[nH]c2ccc(OC)cc2c1CC. The minimum atomic E-state index is 0.0455. The first kappa shape index (κ1) is 22.0. The Hall–Kier alpha value is -3.78. The van der Waals surface area contributed by atoms with Crippen molar-refractivity contribution in [1.29, 1.82) is 0 Å². The van der Waals surface area contributed by atoms with Crippen LogP contribution in [-0.4, -0.2) is 43.4 Å². The normalized spacial score (nSPS) is 11.4. The maximum atomic E-state index is 13.0. The molecule has 0 aliphatic carbocycles. The summed E-state index contributed by atoms with van der Waals surface area (Å²) in [5, 5.41) is 11.7. The fourth-order valence-electron chi connectivity index (χ4n) is 4.30. The summed E-state index contributed by atoms with van der Waals surface area (Å²) in [6.45, 7) is 6.56. The van der Waals surface area contributed by atoms with Gasteiger partial charge < -0.3 is 14.7 Å². The summed E-state index contributed by atoms with van der Waals surface area (Å²) in [6, 6.07) is 13.8. The number of hydrogen-bond acceptors (Lipinski definition) is 5. The predicted molar refractivity (Wildman–Crippen MR) is 137 cm³/mol. The van der Waals surface area contributed by atoms with Gasteiger partial charge in [-0.3, -0.25) is 9.36 Å². The van der Waals surface area contributed by atoms with Gasteiger partial charge in [0.25, 0.3) is 0 Å². The maximum absolute atomic E-state index is 13.0. The molecule has 0 saturated heterocycles. The van der Waals surface area contributed by atoms with Gasteiger partial charge in [0.05, 0.1) is 18.6 Å². The smallest absolute Gasteiger partial charge is 0.192 e. The first-order chi connectivity index (χ1) is 16.6. The zero-order valence-electron chi connectivity index (χ0n) is 19.1. The van der Waals surface area contributed by atoms with E-state index in [1.165, 1.54) is 11.8 Å². The van der Waals surface area contributed by atoms with E-state index in [0.717, 1.165) is 51.1 Å². The summed E-state index contributed by atoms with van der Waals surface area (Å²) in [6.07, 6.45) is 4.42. The van der Waals surface area contributed by atoms with Gasteiger partial charge in [0.15, 0.2) is 16.8 Å². The molecule has 0 unspecified atom stereocenters. The molecule has 3 heterocycles. The van der Waals surface area contributed by atoms with Crippen LogP contribution in [-0.2, 0) is 13.0 Å². The van der Waals surface area contributed by atoms with Gasteiger partial charge in [-0.2, -0.15) is 0 Å². The zero-order chi connectivity index (χ0) is 23.7. The number of benzene rings is 2. The van der Waals surface area contributed by atoms with Crippen LogP contribution in [0.3, 0.4) is 0 Å². The molecule has 0 aliphatic heterocycles. The molecule has 8 heteroatoms. The number of aromatic amines is 2. The Bertz CT molecular complexity index is 1510. The molecule has 0 atom stereocenters. The van der Waals surface area contributed by atoms with Crippen LogP contribution in [0, 0.1) is 0 Å². The number of fused-ring (bicyclic) bond motifs is 2. The lowest BCUT2D eigenvalue weighted by Crippen LogP contribution is -2.05. The van der Waals surface area contributed by atoms with Crippen LogP contribution in [0.2, 0.25) is 0 Å². The van der Waals surface area contributed by atoms with Crippen molar-refractivity contribution in [1.82, 2.24) is 24.7 Å². The molecule has 0 bridgehead atoms. The molecule has 5 rings (SSSR count). The molecule has 3 aromatic heterocycles. The molecule has 0 spiro atoms. The molecule has 34 heavy (non-hydrogen) atoms. The van der Waals surface area contributed by atoms with E-state index >= 15 is 0 Å². The number of para-hydroxylation sites is 1. The highest BCUT2D eigenvalue weighted by Crippen LogP contribution is 2.34. The van der Waals surface area contributed by atoms with E-state index in [0.29, 0.717) is 17.3 Å². The molecule has 172 valence electrons. The second-order valence-electron chi connectivity index (χ2n) is 7.91. The van der Waals surface area contributed by atoms with E-state index in [2.05, 4.69) is 33.7 Å². The van der Waals surface area contributed by atoms with Crippen molar-refractivity contribution in [2.45, 2.75) is 25.0 Å². The van der Waals surface area contributed by atoms with Crippen LogP contribution < -0.4 is 4.74 Å². The summed E-state index contributed by atoms with van der Waals surface area (Å²) < 4.78 is 7.42. The lowest BCUT2D eigenvalue weighted by Gasteiger charge is -2.08. The molecule has 0 radical (unpaired) electrons. The predicted octanol–water partition coefficient (Wildman–Crippen LogP) is 5.64. The Labute approximate surface area is 201 Å². The van der Waals surface area contributed by atoms with E-state index in [9.17, 15) is 4.79 Å². The summed E-state index contributed by atoms with van der Waals surface area (Å²) in [7, 11) is 1.67. The zero-order valence-corrected chi connectivity index (χ0v) is 19.9. The molecule has 0 saturated carbocycles. The van der Waals surface area contributed by atoms with Crippen LogP contribution in [0.25, 0.3) is 33.3 Å². The molecule has 0 fully saturated rings. The van der Waals surface area contributed by atoms with Gasteiger partial charge >= 0.3 is 0 Å². The van der Waals surface area contributed by atoms with Crippen molar-refractivity contribution in [2.75, 3.05) is 12.9 Å². The summed E-state index contributed by atoms with van der Waals surface area (Å²) >= 11 is 1.39. The second kappa shape index (κ2) is 9.23. The number of carbonyl (C=O) groups is 1. The number of aromatic nitrogens is 5. The Morgan fingerprint density at radius 3 is 2.82 bits per heavy atom. The van der Waals surface area contributed by atoms with E-state index in [-0.39, 0.29) is 11.5 Å². The molecule has 7 nitrogen and oxygen atoms in total. The number of hydrogen-bond donors (Lipinski definition) is 2. The first-order valence-corrected chi connectivity index (χ1v) is 12.1. The molecule has 0 amide bonds. The van der Waals surface area contributed by atoms with Crippen molar-refractivity contribution < 1.29 is 9.53 Å². The van der Waals surface area contributed by atoms with Gasteiger partial charge in [0.2, 0.25) is 0 Å². The van der Waals surface area contributed by atoms with Crippen molar-refractivity contribution >= 4 is 39.4 Å². The number of ether oxygens (including phenoxy) is 1. The molecule has 0 aliphatic rings. The number of thioether (sulfide) groups is 1. The van der Waals surface area contributed by atoms with E-state index < -0.39 is 0 Å². The number of aryl methyl sites for hydroxylation is 1. The highest BCUT2D eigenvalue weighted by atomic mass is 32.2. The van der Waals surface area contributed by atoms with Gasteiger partial charge in [0, 0.05) is 40.1 Å². The minimum Gasteiger partial charge on any atom is -0.497 e. The highest BCUT2D eigenvalue weighted by Gasteiger charge is 2.21. The van der Waals surface area contributed by atoms with Crippen LogP contribution in [0.1, 0.15) is 22.8 Å². The number of rotatable bonds is 9. The van der Waals surface area contributed by atoms with Gasteiger partial charge in [-0.05, 0) is 36.2 Å². The largest absolute Gasteiger partial charge is 0.497 e.